The number of fused-ring (bicyclic) bond motifs is 1. The second-order valence-corrected chi connectivity index (χ2v) is 5.83. The molecular formula is C10H10F3N3O2S. The summed E-state index contributed by atoms with van der Waals surface area (Å²) in [5.74, 6) is -1.24. The van der Waals surface area contributed by atoms with Crippen LogP contribution in [-0.4, -0.2) is 24.1 Å². The van der Waals surface area contributed by atoms with E-state index in [4.69, 9.17) is 0 Å². The first-order valence-electron chi connectivity index (χ1n) is 5.29. The van der Waals surface area contributed by atoms with Crippen LogP contribution in [0.4, 0.5) is 18.9 Å². The average Bonchev–Trinajstić information content (AvgIpc) is 2.71. The van der Waals surface area contributed by atoms with Crippen LogP contribution in [-0.2, 0) is 16.2 Å². The molecule has 0 atom stereocenters. The number of hydrogen-bond donors (Lipinski definition) is 2. The third-order valence-corrected chi connectivity index (χ3v) is 3.71. The maximum atomic E-state index is 12.4. The number of sulfonamides is 1. The molecule has 0 saturated carbocycles. The molecule has 0 fully saturated rings. The highest BCUT2D eigenvalue weighted by molar-refractivity contribution is 7.92. The number of benzene rings is 1. The molecule has 1 aromatic heterocycles. The number of halogens is 3. The van der Waals surface area contributed by atoms with E-state index in [0.717, 1.165) is 0 Å². The van der Waals surface area contributed by atoms with Crippen LogP contribution in [0, 0.1) is 0 Å². The SMILES string of the molecule is CCS(=O)(=O)Nc1ccc2nc(C(F)(F)F)[nH]c2c1. The highest BCUT2D eigenvalue weighted by Gasteiger charge is 2.34. The highest BCUT2D eigenvalue weighted by atomic mass is 32.2. The van der Waals surface area contributed by atoms with Gasteiger partial charge in [0.05, 0.1) is 22.5 Å². The fourth-order valence-electron chi connectivity index (χ4n) is 1.46. The number of nitrogens with zero attached hydrogens (tertiary/aromatic N) is 1. The third kappa shape index (κ3) is 2.98. The Balaban J connectivity index is 2.41. The molecule has 0 aliphatic heterocycles. The molecule has 1 aromatic carbocycles. The number of aromatic amines is 1. The number of H-pyrrole nitrogens is 1. The van der Waals surface area contributed by atoms with Gasteiger partial charge in [0, 0.05) is 0 Å². The number of hydrogen-bond acceptors (Lipinski definition) is 3. The topological polar surface area (TPSA) is 74.8 Å². The fraction of sp³-hybridized carbons (Fsp3) is 0.300. The Morgan fingerprint density at radius 2 is 2.05 bits per heavy atom. The minimum atomic E-state index is -4.57. The van der Waals surface area contributed by atoms with Crippen LogP contribution in [0.2, 0.25) is 0 Å². The van der Waals surface area contributed by atoms with Gasteiger partial charge in [0.2, 0.25) is 15.8 Å². The smallest absolute Gasteiger partial charge is 0.334 e. The molecule has 104 valence electrons. The zero-order valence-corrected chi connectivity index (χ0v) is 10.6. The van der Waals surface area contributed by atoms with Crippen molar-refractivity contribution in [3.63, 3.8) is 0 Å². The molecule has 0 aliphatic carbocycles. The standard InChI is InChI=1S/C10H10F3N3O2S/c1-2-19(17,18)16-6-3-4-7-8(5-6)15-9(14-7)10(11,12)13/h3-5,16H,2H2,1H3,(H,14,15). The van der Waals surface area contributed by atoms with Gasteiger partial charge in [-0.1, -0.05) is 0 Å². The Morgan fingerprint density at radius 1 is 1.37 bits per heavy atom. The van der Waals surface area contributed by atoms with E-state index < -0.39 is 22.0 Å². The van der Waals surface area contributed by atoms with Crippen molar-refractivity contribution in [1.29, 1.82) is 0 Å². The van der Waals surface area contributed by atoms with E-state index in [9.17, 15) is 21.6 Å². The maximum Gasteiger partial charge on any atom is 0.449 e. The normalized spacial score (nSPS) is 12.8. The molecule has 2 N–H and O–H groups in total. The van der Waals surface area contributed by atoms with Crippen LogP contribution in [0.25, 0.3) is 11.0 Å². The summed E-state index contributed by atoms with van der Waals surface area (Å²) >= 11 is 0. The van der Waals surface area contributed by atoms with Crippen LogP contribution in [0.15, 0.2) is 18.2 Å². The Labute approximate surface area is 106 Å². The van der Waals surface area contributed by atoms with Crippen LogP contribution in [0.1, 0.15) is 12.7 Å². The van der Waals surface area contributed by atoms with Crippen molar-refractivity contribution in [2.45, 2.75) is 13.1 Å². The zero-order valence-electron chi connectivity index (χ0n) is 9.75. The molecule has 0 spiro atoms. The van der Waals surface area contributed by atoms with Crippen LogP contribution in [0.3, 0.4) is 0 Å². The Hall–Kier alpha value is -1.77. The molecule has 0 bridgehead atoms. The van der Waals surface area contributed by atoms with Gasteiger partial charge in [-0.05, 0) is 25.1 Å². The Bertz CT molecular complexity index is 706. The number of aromatic nitrogens is 2. The van der Waals surface area contributed by atoms with E-state index in [2.05, 4.69) is 14.7 Å². The van der Waals surface area contributed by atoms with Crippen molar-refractivity contribution in [2.75, 3.05) is 10.5 Å². The lowest BCUT2D eigenvalue weighted by Gasteiger charge is -2.05. The number of rotatable bonds is 3. The predicted molar refractivity (Wildman–Crippen MR) is 64.2 cm³/mol. The molecule has 0 amide bonds. The van der Waals surface area contributed by atoms with Crippen LogP contribution >= 0.6 is 0 Å². The molecule has 0 saturated heterocycles. The van der Waals surface area contributed by atoms with Crippen LogP contribution in [0.5, 0.6) is 0 Å². The number of alkyl halides is 3. The van der Waals surface area contributed by atoms with E-state index in [0.29, 0.717) is 0 Å². The first-order valence-corrected chi connectivity index (χ1v) is 6.94. The van der Waals surface area contributed by atoms with Gasteiger partial charge in [-0.25, -0.2) is 13.4 Å². The summed E-state index contributed by atoms with van der Waals surface area (Å²) in [5, 5.41) is 0. The summed E-state index contributed by atoms with van der Waals surface area (Å²) in [6, 6.07) is 3.94. The predicted octanol–water partition coefficient (Wildman–Crippen LogP) is 2.34. The maximum absolute atomic E-state index is 12.4. The van der Waals surface area contributed by atoms with E-state index in [1.807, 2.05) is 0 Å². The highest BCUT2D eigenvalue weighted by Crippen LogP contribution is 2.29. The van der Waals surface area contributed by atoms with Gasteiger partial charge in [-0.15, -0.1) is 0 Å². The first kappa shape index (κ1) is 13.7. The van der Waals surface area contributed by atoms with Gasteiger partial charge in [-0.2, -0.15) is 13.2 Å². The van der Waals surface area contributed by atoms with Crippen molar-refractivity contribution >= 4 is 26.7 Å². The van der Waals surface area contributed by atoms with Crippen molar-refractivity contribution in [2.24, 2.45) is 0 Å². The van der Waals surface area contributed by atoms with Crippen LogP contribution < -0.4 is 4.72 Å². The van der Waals surface area contributed by atoms with Crippen molar-refractivity contribution < 1.29 is 21.6 Å². The Kier molecular flexibility index (Phi) is 3.17. The largest absolute Gasteiger partial charge is 0.449 e. The minimum Gasteiger partial charge on any atom is -0.334 e. The molecule has 19 heavy (non-hydrogen) atoms. The van der Waals surface area contributed by atoms with E-state index in [1.165, 1.54) is 25.1 Å². The molecule has 9 heteroatoms. The summed E-state index contributed by atoms with van der Waals surface area (Å²) in [6.07, 6.45) is -4.57. The third-order valence-electron chi connectivity index (χ3n) is 2.40. The second-order valence-electron chi connectivity index (χ2n) is 3.82. The fourth-order valence-corrected chi connectivity index (χ4v) is 2.09. The van der Waals surface area contributed by atoms with Gasteiger partial charge >= 0.3 is 6.18 Å². The van der Waals surface area contributed by atoms with Gasteiger partial charge in [0.25, 0.3) is 0 Å². The lowest BCUT2D eigenvalue weighted by molar-refractivity contribution is -0.144. The molecule has 2 rings (SSSR count). The van der Waals surface area contributed by atoms with Crippen molar-refractivity contribution in [3.05, 3.63) is 24.0 Å². The molecule has 0 aliphatic rings. The van der Waals surface area contributed by atoms with Crippen molar-refractivity contribution in [3.8, 4) is 0 Å². The van der Waals surface area contributed by atoms with Gasteiger partial charge in [-0.3, -0.25) is 4.72 Å². The van der Waals surface area contributed by atoms with Crippen molar-refractivity contribution in [1.82, 2.24) is 9.97 Å². The first-order chi connectivity index (χ1) is 8.71. The van der Waals surface area contributed by atoms with E-state index >= 15 is 0 Å². The molecule has 2 aromatic rings. The average molecular weight is 293 g/mol. The minimum absolute atomic E-state index is 0.114. The number of imidazole rings is 1. The molecule has 0 radical (unpaired) electrons. The van der Waals surface area contributed by atoms with E-state index in [1.54, 1.807) is 0 Å². The van der Waals surface area contributed by atoms with Gasteiger partial charge < -0.3 is 4.98 Å². The molecule has 5 nitrogen and oxygen atoms in total. The second kappa shape index (κ2) is 4.41. The zero-order chi connectivity index (χ0) is 14.3. The monoisotopic (exact) mass is 293 g/mol. The number of nitrogens with one attached hydrogen (secondary N) is 2. The number of anilines is 1. The summed E-state index contributed by atoms with van der Waals surface area (Å²) in [7, 11) is -3.47. The van der Waals surface area contributed by atoms with Gasteiger partial charge in [0.1, 0.15) is 0 Å². The summed E-state index contributed by atoms with van der Waals surface area (Å²) in [6.45, 7) is 1.46. The summed E-state index contributed by atoms with van der Waals surface area (Å²) < 4.78 is 62.3. The Morgan fingerprint density at radius 3 is 2.63 bits per heavy atom. The molecule has 0 unspecified atom stereocenters. The summed E-state index contributed by atoms with van der Waals surface area (Å²) in [4.78, 5) is 5.49. The molecular weight excluding hydrogens is 283 g/mol. The summed E-state index contributed by atoms with van der Waals surface area (Å²) in [5.41, 5.74) is 0.419. The quantitative estimate of drug-likeness (QED) is 0.912. The van der Waals surface area contributed by atoms with E-state index in [-0.39, 0.29) is 22.5 Å². The lowest BCUT2D eigenvalue weighted by atomic mass is 10.3. The van der Waals surface area contributed by atoms with Gasteiger partial charge in [0.15, 0.2) is 0 Å². The lowest BCUT2D eigenvalue weighted by Crippen LogP contribution is -2.14. The molecule has 1 heterocycles.